The van der Waals surface area contributed by atoms with E-state index in [-0.39, 0.29) is 5.82 Å². The van der Waals surface area contributed by atoms with Crippen molar-refractivity contribution in [3.05, 3.63) is 26.3 Å². The van der Waals surface area contributed by atoms with Crippen molar-refractivity contribution in [2.24, 2.45) is 5.92 Å². The van der Waals surface area contributed by atoms with Crippen molar-refractivity contribution in [3.8, 4) is 0 Å². The molecule has 0 aliphatic heterocycles. The summed E-state index contributed by atoms with van der Waals surface area (Å²) in [6.45, 7) is 2.25. The molecule has 20 heavy (non-hydrogen) atoms. The van der Waals surface area contributed by atoms with E-state index in [4.69, 9.17) is 12.2 Å². The molecule has 2 unspecified atom stereocenters. The molecule has 0 amide bonds. The molecule has 3 rings (SSSR count). The summed E-state index contributed by atoms with van der Waals surface area (Å²) in [6, 6.07) is 3.88. The van der Waals surface area contributed by atoms with Crippen LogP contribution in [-0.4, -0.2) is 9.55 Å². The van der Waals surface area contributed by atoms with Crippen LogP contribution in [0.1, 0.15) is 45.1 Å². The summed E-state index contributed by atoms with van der Waals surface area (Å²) in [5, 5.41) is 0. The Morgan fingerprint density at radius 1 is 1.45 bits per heavy atom. The van der Waals surface area contributed by atoms with Crippen LogP contribution in [0.25, 0.3) is 11.0 Å². The minimum Gasteiger partial charge on any atom is -0.331 e. The van der Waals surface area contributed by atoms with Crippen molar-refractivity contribution < 1.29 is 4.39 Å². The highest BCUT2D eigenvalue weighted by atomic mass is 127. The molecule has 2 atom stereocenters. The van der Waals surface area contributed by atoms with Crippen LogP contribution in [0, 0.1) is 20.1 Å². The second-order valence-corrected chi connectivity index (χ2v) is 7.23. The van der Waals surface area contributed by atoms with Crippen molar-refractivity contribution in [2.45, 2.75) is 45.1 Å². The third-order valence-electron chi connectivity index (χ3n) is 4.46. The van der Waals surface area contributed by atoms with Gasteiger partial charge < -0.3 is 9.55 Å². The van der Waals surface area contributed by atoms with Crippen LogP contribution in [0.15, 0.2) is 12.1 Å². The lowest BCUT2D eigenvalue weighted by Gasteiger charge is -2.29. The van der Waals surface area contributed by atoms with Gasteiger partial charge in [0.15, 0.2) is 4.77 Å². The second kappa shape index (κ2) is 5.75. The lowest BCUT2D eigenvalue weighted by molar-refractivity contribution is 0.263. The molecule has 1 N–H and O–H groups in total. The van der Waals surface area contributed by atoms with Gasteiger partial charge in [-0.1, -0.05) is 26.2 Å². The number of benzene rings is 1. The zero-order valence-corrected chi connectivity index (χ0v) is 14.4. The molecular weight excluding hydrogens is 386 g/mol. The Labute approximate surface area is 136 Å². The van der Waals surface area contributed by atoms with Gasteiger partial charge in [0.25, 0.3) is 0 Å². The zero-order valence-electron chi connectivity index (χ0n) is 11.5. The number of hydrogen-bond donors (Lipinski definition) is 1. The third kappa shape index (κ3) is 2.54. The second-order valence-electron chi connectivity index (χ2n) is 5.68. The Morgan fingerprint density at radius 3 is 3.00 bits per heavy atom. The molecule has 2 nitrogen and oxygen atoms in total. The highest BCUT2D eigenvalue weighted by Crippen LogP contribution is 2.36. The first kappa shape index (κ1) is 14.5. The number of fused-ring (bicyclic) bond motifs is 1. The minimum absolute atomic E-state index is 0.163. The SMILES string of the molecule is CCC1CCCC(n2c(=S)[nH]c3cc(I)c(F)cc32)C1. The predicted octanol–water partition coefficient (Wildman–Crippen LogP) is 5.58. The number of hydrogen-bond acceptors (Lipinski definition) is 1. The summed E-state index contributed by atoms with van der Waals surface area (Å²) >= 11 is 7.50. The lowest BCUT2D eigenvalue weighted by Crippen LogP contribution is -2.19. The predicted molar refractivity (Wildman–Crippen MR) is 91.1 cm³/mol. The van der Waals surface area contributed by atoms with E-state index in [9.17, 15) is 4.39 Å². The molecule has 108 valence electrons. The number of aromatic amines is 1. The van der Waals surface area contributed by atoms with E-state index in [1.807, 2.05) is 28.7 Å². The summed E-state index contributed by atoms with van der Waals surface area (Å²) in [5.74, 6) is 0.609. The van der Waals surface area contributed by atoms with Crippen molar-refractivity contribution in [1.82, 2.24) is 9.55 Å². The Morgan fingerprint density at radius 2 is 2.25 bits per heavy atom. The van der Waals surface area contributed by atoms with Crippen LogP contribution in [0.4, 0.5) is 4.39 Å². The first-order chi connectivity index (χ1) is 9.60. The summed E-state index contributed by atoms with van der Waals surface area (Å²) in [4.78, 5) is 3.23. The van der Waals surface area contributed by atoms with E-state index in [1.165, 1.54) is 19.3 Å². The van der Waals surface area contributed by atoms with Gasteiger partial charge in [-0.15, -0.1) is 0 Å². The molecular formula is C15H18FIN2S. The topological polar surface area (TPSA) is 20.7 Å². The molecule has 0 bridgehead atoms. The van der Waals surface area contributed by atoms with Gasteiger partial charge >= 0.3 is 0 Å². The number of imidazole rings is 1. The minimum atomic E-state index is -0.163. The van der Waals surface area contributed by atoms with Crippen molar-refractivity contribution >= 4 is 45.8 Å². The lowest BCUT2D eigenvalue weighted by atomic mass is 9.84. The van der Waals surface area contributed by atoms with E-state index in [2.05, 4.69) is 16.5 Å². The van der Waals surface area contributed by atoms with Crippen molar-refractivity contribution in [1.29, 1.82) is 0 Å². The normalized spacial score (nSPS) is 23.4. The fourth-order valence-corrected chi connectivity index (χ4v) is 4.18. The largest absolute Gasteiger partial charge is 0.331 e. The summed E-state index contributed by atoms with van der Waals surface area (Å²) in [7, 11) is 0. The van der Waals surface area contributed by atoms with E-state index in [1.54, 1.807) is 6.07 Å². The van der Waals surface area contributed by atoms with Crippen LogP contribution >= 0.6 is 34.8 Å². The van der Waals surface area contributed by atoms with Gasteiger partial charge in [-0.05, 0) is 59.6 Å². The summed E-state index contributed by atoms with van der Waals surface area (Å²) < 4.78 is 17.4. The van der Waals surface area contributed by atoms with Crippen LogP contribution < -0.4 is 0 Å². The third-order valence-corrected chi connectivity index (χ3v) is 5.58. The van der Waals surface area contributed by atoms with Crippen LogP contribution in [0.2, 0.25) is 0 Å². The maximum absolute atomic E-state index is 13.9. The van der Waals surface area contributed by atoms with Gasteiger partial charge in [0.05, 0.1) is 14.6 Å². The number of rotatable bonds is 2. The molecule has 1 aliphatic rings. The van der Waals surface area contributed by atoms with Crippen LogP contribution in [0.5, 0.6) is 0 Å². The van der Waals surface area contributed by atoms with Gasteiger partial charge in [0.2, 0.25) is 0 Å². The molecule has 0 spiro atoms. The van der Waals surface area contributed by atoms with Gasteiger partial charge in [-0.3, -0.25) is 0 Å². The van der Waals surface area contributed by atoms with E-state index < -0.39 is 0 Å². The molecule has 5 heteroatoms. The Bertz CT molecular complexity index is 691. The number of aromatic nitrogens is 2. The molecule has 0 radical (unpaired) electrons. The fraction of sp³-hybridized carbons (Fsp3) is 0.533. The van der Waals surface area contributed by atoms with Gasteiger partial charge in [0.1, 0.15) is 5.82 Å². The average Bonchev–Trinajstić information content (AvgIpc) is 2.74. The van der Waals surface area contributed by atoms with E-state index >= 15 is 0 Å². The maximum Gasteiger partial charge on any atom is 0.178 e. The molecule has 0 saturated heterocycles. The highest BCUT2D eigenvalue weighted by molar-refractivity contribution is 14.1. The first-order valence-electron chi connectivity index (χ1n) is 7.19. The monoisotopic (exact) mass is 404 g/mol. The molecule has 1 saturated carbocycles. The number of nitrogens with one attached hydrogen (secondary N) is 1. The molecule has 1 aromatic carbocycles. The average molecular weight is 404 g/mol. The molecule has 1 aliphatic carbocycles. The summed E-state index contributed by atoms with van der Waals surface area (Å²) in [6.07, 6.45) is 6.08. The smallest absolute Gasteiger partial charge is 0.178 e. The van der Waals surface area contributed by atoms with Gasteiger partial charge in [-0.2, -0.15) is 0 Å². The quantitative estimate of drug-likeness (QED) is 0.512. The first-order valence-corrected chi connectivity index (χ1v) is 8.68. The van der Waals surface area contributed by atoms with Crippen molar-refractivity contribution in [2.75, 3.05) is 0 Å². The standard InChI is InChI=1S/C15H18FIN2S/c1-2-9-4-3-5-10(6-9)19-14-7-11(16)12(17)8-13(14)18-15(19)20/h7-10H,2-6H2,1H3,(H,18,20). The molecule has 1 heterocycles. The maximum atomic E-state index is 13.9. The van der Waals surface area contributed by atoms with Crippen LogP contribution in [-0.2, 0) is 0 Å². The highest BCUT2D eigenvalue weighted by Gasteiger charge is 2.24. The van der Waals surface area contributed by atoms with Crippen molar-refractivity contribution in [3.63, 3.8) is 0 Å². The zero-order chi connectivity index (χ0) is 14.3. The van der Waals surface area contributed by atoms with E-state index in [0.29, 0.717) is 9.61 Å². The molecule has 1 aromatic heterocycles. The van der Waals surface area contributed by atoms with Crippen LogP contribution in [0.3, 0.4) is 0 Å². The van der Waals surface area contributed by atoms with E-state index in [0.717, 1.165) is 34.6 Å². The fourth-order valence-electron chi connectivity index (χ4n) is 3.35. The Balaban J connectivity index is 2.08. The number of halogens is 2. The van der Waals surface area contributed by atoms with Gasteiger partial charge in [-0.25, -0.2) is 4.39 Å². The molecule has 2 aromatic rings. The molecule has 1 fully saturated rings. The Kier molecular flexibility index (Phi) is 4.17. The Hall–Kier alpha value is -0.430. The number of H-pyrrole nitrogens is 1. The van der Waals surface area contributed by atoms with Gasteiger partial charge in [0, 0.05) is 12.1 Å². The summed E-state index contributed by atoms with van der Waals surface area (Å²) in [5.41, 5.74) is 1.86. The number of nitrogens with zero attached hydrogens (tertiary/aromatic N) is 1.